The van der Waals surface area contributed by atoms with Gasteiger partial charge in [-0.05, 0) is 60.0 Å². The van der Waals surface area contributed by atoms with Crippen LogP contribution in [0.25, 0.3) is 0 Å². The SMILES string of the molecule is CC(C)(C)OC(=O)N1C[C@@H](Oc2ccc(C(C)(C)c3ccccc3)cc2Br)C[C@H]1C(=O)O. The molecule has 7 heteroatoms. The van der Waals surface area contributed by atoms with Crippen molar-refractivity contribution in [2.45, 2.75) is 64.2 Å². The molecule has 32 heavy (non-hydrogen) atoms. The number of likely N-dealkylation sites (tertiary alicyclic amines) is 1. The van der Waals surface area contributed by atoms with Crippen molar-refractivity contribution in [3.05, 3.63) is 64.1 Å². The Morgan fingerprint density at radius 2 is 1.69 bits per heavy atom. The van der Waals surface area contributed by atoms with Gasteiger partial charge in [-0.25, -0.2) is 9.59 Å². The zero-order valence-corrected chi connectivity index (χ0v) is 20.7. The van der Waals surface area contributed by atoms with Crippen molar-refractivity contribution in [1.29, 1.82) is 0 Å². The number of carbonyl (C=O) groups excluding carboxylic acids is 1. The van der Waals surface area contributed by atoms with Crippen LogP contribution in [0.5, 0.6) is 5.75 Å². The average molecular weight is 504 g/mol. The molecule has 6 nitrogen and oxygen atoms in total. The number of ether oxygens (including phenoxy) is 2. The van der Waals surface area contributed by atoms with Gasteiger partial charge in [-0.15, -0.1) is 0 Å². The van der Waals surface area contributed by atoms with Gasteiger partial charge < -0.3 is 14.6 Å². The number of halogens is 1. The number of nitrogens with zero attached hydrogens (tertiary/aromatic N) is 1. The Labute approximate surface area is 197 Å². The molecule has 1 saturated heterocycles. The molecule has 1 heterocycles. The minimum atomic E-state index is -1.07. The Morgan fingerprint density at radius 3 is 2.25 bits per heavy atom. The first-order valence-electron chi connectivity index (χ1n) is 10.6. The van der Waals surface area contributed by atoms with E-state index < -0.39 is 29.8 Å². The van der Waals surface area contributed by atoms with Crippen molar-refractivity contribution < 1.29 is 24.2 Å². The number of carboxylic acid groups (broad SMARTS) is 1. The first-order valence-corrected chi connectivity index (χ1v) is 11.4. The van der Waals surface area contributed by atoms with Crippen LogP contribution in [0.4, 0.5) is 4.79 Å². The standard InChI is InChI=1S/C25H30BrNO5/c1-24(2,3)32-23(30)27-15-18(14-20(27)22(28)29)31-21-12-11-17(13-19(21)26)25(4,5)16-9-7-6-8-10-16/h6-13,18,20H,14-15H2,1-5H3,(H,28,29)/t18-,20-/m0/s1. The first kappa shape index (κ1) is 24.1. The van der Waals surface area contributed by atoms with Crippen molar-refractivity contribution >= 4 is 28.0 Å². The predicted molar refractivity (Wildman–Crippen MR) is 126 cm³/mol. The maximum Gasteiger partial charge on any atom is 0.411 e. The van der Waals surface area contributed by atoms with Gasteiger partial charge in [-0.1, -0.05) is 50.2 Å². The molecular formula is C25H30BrNO5. The van der Waals surface area contributed by atoms with Crippen molar-refractivity contribution in [3.63, 3.8) is 0 Å². The highest BCUT2D eigenvalue weighted by Crippen LogP contribution is 2.37. The molecule has 1 fully saturated rings. The summed E-state index contributed by atoms with van der Waals surface area (Å²) < 4.78 is 12.3. The van der Waals surface area contributed by atoms with Crippen molar-refractivity contribution in [2.75, 3.05) is 6.54 Å². The summed E-state index contributed by atoms with van der Waals surface area (Å²) in [7, 11) is 0. The van der Waals surface area contributed by atoms with Gasteiger partial charge in [0.2, 0.25) is 0 Å². The van der Waals surface area contributed by atoms with Crippen molar-refractivity contribution in [1.82, 2.24) is 4.90 Å². The minimum absolute atomic E-state index is 0.148. The van der Waals surface area contributed by atoms with Crippen LogP contribution in [0.15, 0.2) is 53.0 Å². The predicted octanol–water partition coefficient (Wildman–Crippen LogP) is 5.62. The van der Waals surface area contributed by atoms with E-state index in [1.54, 1.807) is 20.8 Å². The molecule has 2 aromatic carbocycles. The Bertz CT molecular complexity index is 984. The normalized spacial score (nSPS) is 19.0. The molecule has 2 atom stereocenters. The van der Waals surface area contributed by atoms with Crippen molar-refractivity contribution in [3.8, 4) is 5.75 Å². The van der Waals surface area contributed by atoms with Gasteiger partial charge in [0.1, 0.15) is 23.5 Å². The summed E-state index contributed by atoms with van der Waals surface area (Å²) in [6.45, 7) is 9.73. The van der Waals surface area contributed by atoms with Gasteiger partial charge in [0, 0.05) is 11.8 Å². The zero-order valence-electron chi connectivity index (χ0n) is 19.1. The highest BCUT2D eigenvalue weighted by Gasteiger charge is 2.42. The molecule has 0 radical (unpaired) electrons. The van der Waals surface area contributed by atoms with E-state index in [4.69, 9.17) is 9.47 Å². The van der Waals surface area contributed by atoms with E-state index in [-0.39, 0.29) is 18.4 Å². The number of benzene rings is 2. The lowest BCUT2D eigenvalue weighted by Gasteiger charge is -2.27. The summed E-state index contributed by atoms with van der Waals surface area (Å²) >= 11 is 3.60. The summed E-state index contributed by atoms with van der Waals surface area (Å²) in [6, 6.07) is 15.2. The van der Waals surface area contributed by atoms with E-state index in [2.05, 4.69) is 41.9 Å². The fourth-order valence-electron chi connectivity index (χ4n) is 3.83. The lowest BCUT2D eigenvalue weighted by Crippen LogP contribution is -2.43. The molecule has 3 rings (SSSR count). The van der Waals surface area contributed by atoms with Crippen molar-refractivity contribution in [2.24, 2.45) is 0 Å². The topological polar surface area (TPSA) is 76.1 Å². The van der Waals surface area contributed by atoms with Gasteiger partial charge in [0.15, 0.2) is 0 Å². The van der Waals surface area contributed by atoms with E-state index in [0.29, 0.717) is 5.75 Å². The smallest absolute Gasteiger partial charge is 0.411 e. The number of rotatable bonds is 5. The highest BCUT2D eigenvalue weighted by molar-refractivity contribution is 9.10. The third kappa shape index (κ3) is 5.44. The third-order valence-electron chi connectivity index (χ3n) is 5.62. The van der Waals surface area contributed by atoms with E-state index >= 15 is 0 Å². The lowest BCUT2D eigenvalue weighted by molar-refractivity contribution is -0.142. The second kappa shape index (κ2) is 9.14. The first-order chi connectivity index (χ1) is 14.9. The molecule has 2 aromatic rings. The molecule has 0 unspecified atom stereocenters. The Balaban J connectivity index is 1.76. The van der Waals surface area contributed by atoms with E-state index in [1.165, 1.54) is 10.5 Å². The van der Waals surface area contributed by atoms with Gasteiger partial charge in [-0.3, -0.25) is 4.90 Å². The van der Waals surface area contributed by atoms with Crippen LogP contribution in [0, 0.1) is 0 Å². The van der Waals surface area contributed by atoms with E-state index in [0.717, 1.165) is 10.0 Å². The summed E-state index contributed by atoms with van der Waals surface area (Å²) in [5, 5.41) is 9.59. The number of carboxylic acids is 1. The molecular weight excluding hydrogens is 474 g/mol. The van der Waals surface area contributed by atoms with E-state index in [9.17, 15) is 14.7 Å². The van der Waals surface area contributed by atoms with Crippen LogP contribution in [0.3, 0.4) is 0 Å². The number of hydrogen-bond donors (Lipinski definition) is 1. The van der Waals surface area contributed by atoms with Crippen LogP contribution in [-0.2, 0) is 14.9 Å². The maximum atomic E-state index is 12.5. The molecule has 0 aromatic heterocycles. The Morgan fingerprint density at radius 1 is 1.03 bits per heavy atom. The number of amides is 1. The van der Waals surface area contributed by atoms with Crippen LogP contribution < -0.4 is 4.74 Å². The number of aliphatic carboxylic acids is 1. The molecule has 1 amide bonds. The molecule has 1 N–H and O–H groups in total. The molecule has 0 aliphatic carbocycles. The summed E-state index contributed by atoms with van der Waals surface area (Å²) in [5.74, 6) is -0.459. The number of carbonyl (C=O) groups is 2. The summed E-state index contributed by atoms with van der Waals surface area (Å²) in [6.07, 6.45) is -0.902. The molecule has 0 spiro atoms. The van der Waals surface area contributed by atoms with Crippen LogP contribution in [0.2, 0.25) is 0 Å². The molecule has 0 bridgehead atoms. The Hall–Kier alpha value is -2.54. The minimum Gasteiger partial charge on any atom is -0.487 e. The number of hydrogen-bond acceptors (Lipinski definition) is 4. The fraction of sp³-hybridized carbons (Fsp3) is 0.440. The molecule has 172 valence electrons. The quantitative estimate of drug-likeness (QED) is 0.573. The second-order valence-corrected chi connectivity index (χ2v) is 10.5. The van der Waals surface area contributed by atoms with Gasteiger partial charge in [0.05, 0.1) is 11.0 Å². The van der Waals surface area contributed by atoms with Crippen LogP contribution in [0.1, 0.15) is 52.2 Å². The third-order valence-corrected chi connectivity index (χ3v) is 6.24. The monoisotopic (exact) mass is 503 g/mol. The second-order valence-electron chi connectivity index (χ2n) is 9.60. The van der Waals surface area contributed by atoms with Crippen LogP contribution >= 0.6 is 15.9 Å². The zero-order chi connectivity index (χ0) is 23.7. The average Bonchev–Trinajstić information content (AvgIpc) is 3.13. The maximum absolute atomic E-state index is 12.5. The highest BCUT2D eigenvalue weighted by atomic mass is 79.9. The lowest BCUT2D eigenvalue weighted by atomic mass is 9.78. The molecule has 1 aliphatic heterocycles. The molecule has 0 saturated carbocycles. The fourth-order valence-corrected chi connectivity index (χ4v) is 4.30. The van der Waals surface area contributed by atoms with Gasteiger partial charge in [-0.2, -0.15) is 0 Å². The largest absolute Gasteiger partial charge is 0.487 e. The van der Waals surface area contributed by atoms with Gasteiger partial charge >= 0.3 is 12.1 Å². The van der Waals surface area contributed by atoms with E-state index in [1.807, 2.05) is 36.4 Å². The van der Waals surface area contributed by atoms with Gasteiger partial charge in [0.25, 0.3) is 0 Å². The molecule has 1 aliphatic rings. The van der Waals surface area contributed by atoms with Crippen LogP contribution in [-0.4, -0.2) is 46.4 Å². The Kier molecular flexibility index (Phi) is 6.89. The summed E-state index contributed by atoms with van der Waals surface area (Å²) in [4.78, 5) is 25.5. The summed E-state index contributed by atoms with van der Waals surface area (Å²) in [5.41, 5.74) is 1.42.